The number of hydrogen-bond donors (Lipinski definition) is 0. The molecule has 0 radical (unpaired) electrons. The maximum Gasteiger partial charge on any atom is 0.0364 e. The second-order valence-electron chi connectivity index (χ2n) is 23.2. The molecule has 61 heavy (non-hydrogen) atoms. The van der Waals surface area contributed by atoms with Crippen molar-refractivity contribution in [2.45, 2.75) is 178 Å². The van der Waals surface area contributed by atoms with Gasteiger partial charge in [0.05, 0.1) is 0 Å². The van der Waals surface area contributed by atoms with Gasteiger partial charge in [0.25, 0.3) is 0 Å². The van der Waals surface area contributed by atoms with Gasteiger partial charge in [-0.05, 0) is 164 Å². The third-order valence-corrected chi connectivity index (χ3v) is 20.2. The Bertz CT molecular complexity index is 2190. The van der Waals surface area contributed by atoms with Crippen LogP contribution >= 0.6 is 10.0 Å². The van der Waals surface area contributed by atoms with Crippen molar-refractivity contribution in [2.24, 2.45) is 11.8 Å². The van der Waals surface area contributed by atoms with E-state index in [0.29, 0.717) is 10.5 Å². The minimum atomic E-state index is -1.29. The van der Waals surface area contributed by atoms with Crippen LogP contribution in [0.5, 0.6) is 0 Å². The lowest BCUT2D eigenvalue weighted by atomic mass is 9.84. The van der Waals surface area contributed by atoms with Crippen LogP contribution in [0.25, 0.3) is 34.4 Å². The highest BCUT2D eigenvalue weighted by Crippen LogP contribution is 2.74. The number of hydrogen-bond acceptors (Lipinski definition) is 0. The number of rotatable bonds is 8. The van der Waals surface area contributed by atoms with Gasteiger partial charge in [0, 0.05) is 10.5 Å². The lowest BCUT2D eigenvalue weighted by Crippen LogP contribution is -2.21. The third kappa shape index (κ3) is 7.68. The molecule has 0 saturated heterocycles. The van der Waals surface area contributed by atoms with Gasteiger partial charge in [0.1, 0.15) is 0 Å². The molecule has 0 aromatic heterocycles. The van der Waals surface area contributed by atoms with Gasteiger partial charge in [-0.25, -0.2) is 10.0 Å². The molecule has 2 fully saturated rings. The van der Waals surface area contributed by atoms with Crippen molar-refractivity contribution in [1.29, 1.82) is 0 Å². The van der Waals surface area contributed by atoms with Gasteiger partial charge in [-0.1, -0.05) is 190 Å². The van der Waals surface area contributed by atoms with E-state index in [2.05, 4.69) is 127 Å². The fourth-order valence-corrected chi connectivity index (χ4v) is 17.4. The van der Waals surface area contributed by atoms with Crippen LogP contribution in [0, 0.1) is 11.8 Å². The van der Waals surface area contributed by atoms with Gasteiger partial charge >= 0.3 is 0 Å². The van der Waals surface area contributed by atoms with Crippen LogP contribution in [0.3, 0.4) is 0 Å². The zero-order valence-corrected chi connectivity index (χ0v) is 40.2. The van der Waals surface area contributed by atoms with Crippen molar-refractivity contribution in [3.8, 4) is 22.3 Å². The van der Waals surface area contributed by atoms with Gasteiger partial charge in [0.2, 0.25) is 0 Å². The Balaban J connectivity index is 1.15. The Morgan fingerprint density at radius 2 is 0.852 bits per heavy atom. The van der Waals surface area contributed by atoms with Crippen LogP contribution in [-0.4, -0.2) is 12.5 Å². The summed E-state index contributed by atoms with van der Waals surface area (Å²) < 4.78 is 0. The van der Waals surface area contributed by atoms with Gasteiger partial charge in [-0.15, -0.1) is 0 Å². The molecule has 0 nitrogen and oxygen atoms in total. The van der Waals surface area contributed by atoms with Gasteiger partial charge in [-0.2, -0.15) is 0 Å². The van der Waals surface area contributed by atoms with Gasteiger partial charge in [0.15, 0.2) is 0 Å². The van der Waals surface area contributed by atoms with Crippen molar-refractivity contribution in [3.05, 3.63) is 127 Å². The van der Waals surface area contributed by atoms with E-state index in [9.17, 15) is 0 Å². The molecule has 1 heteroatoms. The zero-order valence-electron chi connectivity index (χ0n) is 39.4. The van der Waals surface area contributed by atoms with Gasteiger partial charge in [-0.3, -0.25) is 0 Å². The Labute approximate surface area is 372 Å². The minimum absolute atomic E-state index is 0.154. The second-order valence-corrected chi connectivity index (χ2v) is 27.2. The molecular formula is C60H76S. The SMILES string of the molecule is CC(C)(C)c1ccc(-c2c3c(cc4c2CCC4)C(S(C)(C)C2C(CC4CCCCC4)=Cc4c2cc2c(c4-c4ccc(C(C)(C)C)cc4)CCC2)C(CC2CCCCC2)=C3)cc1. The first-order chi connectivity index (χ1) is 29.3. The van der Waals surface area contributed by atoms with E-state index < -0.39 is 10.0 Å². The van der Waals surface area contributed by atoms with Crippen LogP contribution in [-0.2, 0) is 36.5 Å². The molecule has 4 aromatic rings. The predicted octanol–water partition coefficient (Wildman–Crippen LogP) is 17.2. The monoisotopic (exact) mass is 829 g/mol. The molecule has 0 aliphatic heterocycles. The summed E-state index contributed by atoms with van der Waals surface area (Å²) in [4.78, 5) is 0. The summed E-state index contributed by atoms with van der Waals surface area (Å²) in [5.74, 6) is 1.65. The molecule has 2 saturated carbocycles. The van der Waals surface area contributed by atoms with Crippen molar-refractivity contribution in [2.75, 3.05) is 12.5 Å². The van der Waals surface area contributed by atoms with E-state index in [1.165, 1.54) is 138 Å². The topological polar surface area (TPSA) is 0 Å². The number of aryl methyl sites for hydroxylation is 2. The molecule has 6 aliphatic carbocycles. The first-order valence-corrected chi connectivity index (χ1v) is 27.5. The quantitative estimate of drug-likeness (QED) is 0.166. The molecule has 0 N–H and O–H groups in total. The van der Waals surface area contributed by atoms with Crippen LogP contribution in [0.15, 0.2) is 71.8 Å². The molecule has 4 aromatic carbocycles. The number of fused-ring (bicyclic) bond motifs is 4. The minimum Gasteiger partial charge on any atom is -0.226 e. The fourth-order valence-electron chi connectivity index (χ4n) is 13.5. The summed E-state index contributed by atoms with van der Waals surface area (Å²) in [6.45, 7) is 14.1. The molecule has 322 valence electrons. The Hall–Kier alpha value is -3.29. The smallest absolute Gasteiger partial charge is 0.0364 e. The summed E-state index contributed by atoms with van der Waals surface area (Å²) >= 11 is 0. The Kier molecular flexibility index (Phi) is 11.0. The van der Waals surface area contributed by atoms with E-state index in [0.717, 1.165) is 11.8 Å². The molecule has 2 atom stereocenters. The highest BCUT2D eigenvalue weighted by Gasteiger charge is 2.46. The molecule has 0 spiro atoms. The molecule has 10 rings (SSSR count). The van der Waals surface area contributed by atoms with Crippen molar-refractivity contribution < 1.29 is 0 Å². The number of benzene rings is 4. The lowest BCUT2D eigenvalue weighted by molar-refractivity contribution is 0.354. The molecule has 0 amide bonds. The first kappa shape index (κ1) is 41.7. The summed E-state index contributed by atoms with van der Waals surface area (Å²) in [5, 5.41) is 0.993. The average molecular weight is 829 g/mol. The Morgan fingerprint density at radius 3 is 1.21 bits per heavy atom. The normalized spacial score (nSPS) is 22.2. The maximum atomic E-state index is 2.83. The largest absolute Gasteiger partial charge is 0.226 e. The average Bonchev–Trinajstić information content (AvgIpc) is 4.04. The van der Waals surface area contributed by atoms with E-state index >= 15 is 0 Å². The van der Waals surface area contributed by atoms with Crippen molar-refractivity contribution in [1.82, 2.24) is 0 Å². The lowest BCUT2D eigenvalue weighted by Gasteiger charge is -2.48. The highest BCUT2D eigenvalue weighted by molar-refractivity contribution is 8.33. The fraction of sp³-hybridized carbons (Fsp3) is 0.533. The molecule has 0 bridgehead atoms. The van der Waals surface area contributed by atoms with Crippen molar-refractivity contribution in [3.63, 3.8) is 0 Å². The Morgan fingerprint density at radius 1 is 0.475 bits per heavy atom. The molecular weight excluding hydrogens is 753 g/mol. The first-order valence-electron chi connectivity index (χ1n) is 25.0. The summed E-state index contributed by atoms with van der Waals surface area (Å²) in [6, 6.07) is 25.3. The van der Waals surface area contributed by atoms with Gasteiger partial charge < -0.3 is 0 Å². The summed E-state index contributed by atoms with van der Waals surface area (Å²) in [7, 11) is -1.29. The highest BCUT2D eigenvalue weighted by atomic mass is 32.3. The summed E-state index contributed by atoms with van der Waals surface area (Å²) in [5.41, 5.74) is 26.1. The van der Waals surface area contributed by atoms with E-state index in [1.54, 1.807) is 66.8 Å². The van der Waals surface area contributed by atoms with Crippen LogP contribution in [0.1, 0.15) is 198 Å². The molecule has 6 aliphatic rings. The van der Waals surface area contributed by atoms with Crippen LogP contribution < -0.4 is 0 Å². The van der Waals surface area contributed by atoms with Crippen LogP contribution in [0.4, 0.5) is 0 Å². The second kappa shape index (κ2) is 16.1. The molecule has 2 unspecified atom stereocenters. The zero-order chi connectivity index (χ0) is 42.3. The van der Waals surface area contributed by atoms with E-state index in [4.69, 9.17) is 0 Å². The van der Waals surface area contributed by atoms with E-state index in [-0.39, 0.29) is 10.8 Å². The third-order valence-electron chi connectivity index (χ3n) is 16.6. The predicted molar refractivity (Wildman–Crippen MR) is 268 cm³/mol. The summed E-state index contributed by atoms with van der Waals surface area (Å²) in [6.07, 6.45) is 35.5. The van der Waals surface area contributed by atoms with Crippen LogP contribution in [0.2, 0.25) is 0 Å². The standard InChI is InChI=1S/C60H76S/c1-59(2,3)47-29-25-41(26-30-47)55-49-23-15-21-43(49)35-53-51(55)37-45(33-39-17-11-9-12-18-39)57(53)61(7,8)58-46(34-40-19-13-10-14-20-40)38-52-54(58)36-44-22-16-24-50(44)56(52)42-27-31-48(32-28-42)60(4,5)6/h25-32,35-40,57-58H,9-24,33-34H2,1-8H3. The maximum absolute atomic E-state index is 2.83. The van der Waals surface area contributed by atoms with Crippen molar-refractivity contribution >= 4 is 22.2 Å². The molecule has 0 heterocycles. The van der Waals surface area contributed by atoms with E-state index in [1.807, 2.05) is 0 Å².